The molecule has 172 valence electrons. The summed E-state index contributed by atoms with van der Waals surface area (Å²) in [6.45, 7) is 0.891. The Morgan fingerprint density at radius 3 is 2.59 bits per heavy atom. The van der Waals surface area contributed by atoms with Crippen LogP contribution in [-0.4, -0.2) is 24.6 Å². The van der Waals surface area contributed by atoms with Gasteiger partial charge in [0.1, 0.15) is 6.67 Å². The molecule has 32 heavy (non-hydrogen) atoms. The number of benzene rings is 2. The van der Waals surface area contributed by atoms with Crippen LogP contribution < -0.4 is 10.6 Å². The highest BCUT2D eigenvalue weighted by Gasteiger charge is 2.45. The molecule has 4 rings (SSSR count). The van der Waals surface area contributed by atoms with Crippen LogP contribution in [0, 0.1) is 0 Å². The monoisotopic (exact) mass is 450 g/mol. The maximum absolute atomic E-state index is 13.3. The Morgan fingerprint density at radius 1 is 1.16 bits per heavy atom. The molecule has 0 aromatic heterocycles. The molecule has 4 nitrogen and oxygen atoms in total. The van der Waals surface area contributed by atoms with Gasteiger partial charge in [-0.2, -0.15) is 13.2 Å². The van der Waals surface area contributed by atoms with Gasteiger partial charge in [0.15, 0.2) is 0 Å². The van der Waals surface area contributed by atoms with Gasteiger partial charge < -0.3 is 15.4 Å². The molecule has 4 unspecified atom stereocenters. The van der Waals surface area contributed by atoms with Crippen LogP contribution in [0.25, 0.3) is 0 Å². The van der Waals surface area contributed by atoms with Gasteiger partial charge in [-0.25, -0.2) is 4.39 Å². The van der Waals surface area contributed by atoms with Crippen molar-refractivity contribution in [2.24, 2.45) is 0 Å². The highest BCUT2D eigenvalue weighted by atomic mass is 19.4. The van der Waals surface area contributed by atoms with E-state index in [9.17, 15) is 22.4 Å². The third kappa shape index (κ3) is 4.66. The first-order chi connectivity index (χ1) is 15.2. The lowest BCUT2D eigenvalue weighted by molar-refractivity contribution is -0.137. The Balaban J connectivity index is 1.57. The second-order valence-electron chi connectivity index (χ2n) is 8.66. The fraction of sp³-hybridized carbons (Fsp3) is 0.458. The molecule has 2 N–H and O–H groups in total. The third-order valence-electron chi connectivity index (χ3n) is 6.45. The summed E-state index contributed by atoms with van der Waals surface area (Å²) in [4.78, 5) is 11.9. The van der Waals surface area contributed by atoms with Crippen LogP contribution in [0.5, 0.6) is 0 Å². The topological polar surface area (TPSA) is 50.4 Å². The Morgan fingerprint density at radius 2 is 1.91 bits per heavy atom. The molecule has 2 saturated heterocycles. The molecule has 2 aromatic rings. The van der Waals surface area contributed by atoms with E-state index >= 15 is 0 Å². The molecule has 2 aliphatic heterocycles. The van der Waals surface area contributed by atoms with Crippen molar-refractivity contribution in [3.05, 3.63) is 70.8 Å². The zero-order chi connectivity index (χ0) is 22.9. The number of fused-ring (bicyclic) bond motifs is 1. The van der Waals surface area contributed by atoms with Crippen LogP contribution in [-0.2, 0) is 27.9 Å². The maximum atomic E-state index is 13.3. The van der Waals surface area contributed by atoms with Gasteiger partial charge in [-0.1, -0.05) is 36.4 Å². The summed E-state index contributed by atoms with van der Waals surface area (Å²) in [7, 11) is 0. The van der Waals surface area contributed by atoms with E-state index < -0.39 is 30.1 Å². The number of hydrogen-bond donors (Lipinski definition) is 2. The predicted molar refractivity (Wildman–Crippen MR) is 111 cm³/mol. The van der Waals surface area contributed by atoms with Gasteiger partial charge in [-0.15, -0.1) is 0 Å². The van der Waals surface area contributed by atoms with E-state index in [1.807, 2.05) is 30.3 Å². The summed E-state index contributed by atoms with van der Waals surface area (Å²) < 4.78 is 59.1. The van der Waals surface area contributed by atoms with Crippen molar-refractivity contribution in [2.75, 3.05) is 6.61 Å². The number of amides is 1. The number of hydrogen-bond acceptors (Lipinski definition) is 3. The largest absolute Gasteiger partial charge is 0.416 e. The molecule has 0 aliphatic carbocycles. The number of ether oxygens (including phenoxy) is 1. The molecule has 0 bridgehead atoms. The Kier molecular flexibility index (Phi) is 6.27. The van der Waals surface area contributed by atoms with Crippen LogP contribution in [0.1, 0.15) is 54.5 Å². The Bertz CT molecular complexity index is 966. The summed E-state index contributed by atoms with van der Waals surface area (Å²) in [5.41, 5.74) is -0.212. The molecular formula is C24H26F4N2O2. The minimum atomic E-state index is -4.56. The van der Waals surface area contributed by atoms with Crippen LogP contribution in [0.15, 0.2) is 48.5 Å². The molecule has 2 aromatic carbocycles. The van der Waals surface area contributed by atoms with E-state index in [-0.39, 0.29) is 35.7 Å². The number of carbonyl (C=O) groups excluding carboxylic acids is 1. The summed E-state index contributed by atoms with van der Waals surface area (Å²) in [5.74, 6) is 0.00775. The Hall–Kier alpha value is -2.45. The molecule has 0 saturated carbocycles. The number of alkyl halides is 4. The van der Waals surface area contributed by atoms with Gasteiger partial charge >= 0.3 is 6.18 Å². The molecular weight excluding hydrogens is 424 g/mol. The minimum Gasteiger partial charge on any atom is -0.372 e. The van der Waals surface area contributed by atoms with Crippen molar-refractivity contribution in [1.82, 2.24) is 10.6 Å². The summed E-state index contributed by atoms with van der Waals surface area (Å²) in [6.07, 6.45) is -3.39. The molecule has 1 amide bonds. The maximum Gasteiger partial charge on any atom is 0.416 e. The van der Waals surface area contributed by atoms with Crippen molar-refractivity contribution in [3.63, 3.8) is 0 Å². The molecule has 2 aliphatic rings. The van der Waals surface area contributed by atoms with Gasteiger partial charge in [-0.3, -0.25) is 4.79 Å². The van der Waals surface area contributed by atoms with Crippen LogP contribution in [0.2, 0.25) is 0 Å². The van der Waals surface area contributed by atoms with E-state index in [2.05, 4.69) is 10.6 Å². The predicted octanol–water partition coefficient (Wildman–Crippen LogP) is 4.79. The first-order valence-electron chi connectivity index (χ1n) is 10.7. The van der Waals surface area contributed by atoms with Crippen LogP contribution >= 0.6 is 0 Å². The van der Waals surface area contributed by atoms with Crippen LogP contribution in [0.4, 0.5) is 17.6 Å². The van der Waals surface area contributed by atoms with Crippen LogP contribution in [0.3, 0.4) is 0 Å². The van der Waals surface area contributed by atoms with Crippen molar-refractivity contribution in [1.29, 1.82) is 0 Å². The summed E-state index contributed by atoms with van der Waals surface area (Å²) >= 11 is 0. The molecule has 2 heterocycles. The summed E-state index contributed by atoms with van der Waals surface area (Å²) in [6, 6.07) is 13.0. The molecule has 4 atom stereocenters. The number of carbonyl (C=O) groups is 1. The minimum absolute atomic E-state index is 0.00775. The first-order valence-corrected chi connectivity index (χ1v) is 10.7. The SMILES string of the molecule is CC(OCC1(c2ccccc2)CCC2NC(=O)CC2N1)c1cc(CF)cc(C(F)(F)F)c1. The number of nitrogens with one attached hydrogen (secondary N) is 2. The zero-order valence-corrected chi connectivity index (χ0v) is 17.7. The van der Waals surface area contributed by atoms with Gasteiger partial charge in [0.05, 0.1) is 23.8 Å². The second-order valence-corrected chi connectivity index (χ2v) is 8.66. The lowest BCUT2D eigenvalue weighted by Crippen LogP contribution is -2.59. The van der Waals surface area contributed by atoms with Crippen molar-refractivity contribution in [2.45, 2.75) is 62.8 Å². The first kappa shape index (κ1) is 22.7. The lowest BCUT2D eigenvalue weighted by Gasteiger charge is -2.44. The zero-order valence-electron chi connectivity index (χ0n) is 17.7. The molecule has 0 spiro atoms. The lowest BCUT2D eigenvalue weighted by atomic mass is 9.79. The summed E-state index contributed by atoms with van der Waals surface area (Å²) in [5, 5.41) is 6.58. The van der Waals surface area contributed by atoms with E-state index in [0.29, 0.717) is 12.8 Å². The standard InChI is InChI=1S/C24H26F4N2O2/c1-15(17-9-16(13-25)10-19(11-17)24(26,27)28)32-14-23(18-5-3-2-4-6-18)8-7-20-21(30-23)12-22(31)29-20/h2-6,9-11,15,20-21,30H,7-8,12-14H2,1H3,(H,29,31). The number of halogens is 4. The second kappa shape index (κ2) is 8.83. The van der Waals surface area contributed by atoms with Gasteiger partial charge in [0.2, 0.25) is 5.91 Å². The quantitative estimate of drug-likeness (QED) is 0.623. The average Bonchev–Trinajstić information content (AvgIpc) is 3.16. The van der Waals surface area contributed by atoms with Crippen molar-refractivity contribution >= 4 is 5.91 Å². The highest BCUT2D eigenvalue weighted by Crippen LogP contribution is 2.37. The smallest absolute Gasteiger partial charge is 0.372 e. The third-order valence-corrected chi connectivity index (χ3v) is 6.45. The highest BCUT2D eigenvalue weighted by molar-refractivity contribution is 5.79. The van der Waals surface area contributed by atoms with Gasteiger partial charge in [-0.05, 0) is 48.6 Å². The molecule has 0 radical (unpaired) electrons. The van der Waals surface area contributed by atoms with Gasteiger partial charge in [0.25, 0.3) is 0 Å². The number of rotatable bonds is 6. The van der Waals surface area contributed by atoms with Gasteiger partial charge in [0, 0.05) is 18.5 Å². The fourth-order valence-electron chi connectivity index (χ4n) is 4.70. The molecule has 8 heteroatoms. The van der Waals surface area contributed by atoms with E-state index in [4.69, 9.17) is 4.74 Å². The van der Waals surface area contributed by atoms with Crippen molar-refractivity contribution in [3.8, 4) is 0 Å². The van der Waals surface area contributed by atoms with E-state index in [0.717, 1.165) is 24.1 Å². The normalized spacial score (nSPS) is 26.5. The van der Waals surface area contributed by atoms with E-state index in [1.165, 1.54) is 6.07 Å². The number of piperidine rings is 1. The fourth-order valence-corrected chi connectivity index (χ4v) is 4.70. The van der Waals surface area contributed by atoms with E-state index in [1.54, 1.807) is 6.92 Å². The average molecular weight is 450 g/mol. The Labute approximate surface area is 184 Å². The molecule has 2 fully saturated rings. The van der Waals surface area contributed by atoms with Crippen molar-refractivity contribution < 1.29 is 27.1 Å².